The Morgan fingerprint density at radius 2 is 1.56 bits per heavy atom. The lowest BCUT2D eigenvalue weighted by Gasteiger charge is -2.36. The van der Waals surface area contributed by atoms with E-state index in [2.05, 4.69) is 88.8 Å². The molecule has 1 aliphatic heterocycles. The topological polar surface area (TPSA) is 35.6 Å². The van der Waals surface area contributed by atoms with Crippen LogP contribution in [0.5, 0.6) is 0 Å². The molecule has 5 heteroatoms. The molecule has 0 spiro atoms. The third-order valence-electron chi connectivity index (χ3n) is 5.79. The summed E-state index contributed by atoms with van der Waals surface area (Å²) < 4.78 is 0. The molecule has 0 atom stereocenters. The van der Waals surface area contributed by atoms with Crippen molar-refractivity contribution in [2.75, 3.05) is 43.4 Å². The van der Waals surface area contributed by atoms with Crippen molar-refractivity contribution < 1.29 is 4.79 Å². The van der Waals surface area contributed by atoms with Crippen molar-refractivity contribution in [3.05, 3.63) is 95.6 Å². The first-order chi connectivity index (χ1) is 15.7. The number of carbonyl (C=O) groups is 1. The van der Waals surface area contributed by atoms with Crippen LogP contribution in [0.2, 0.25) is 0 Å². The van der Waals surface area contributed by atoms with E-state index < -0.39 is 0 Å². The Hall–Kier alpha value is -2.76. The van der Waals surface area contributed by atoms with Crippen LogP contribution in [-0.4, -0.2) is 49.3 Å². The molecule has 1 aliphatic rings. The lowest BCUT2D eigenvalue weighted by atomic mass is 10.1. The van der Waals surface area contributed by atoms with E-state index in [1.165, 1.54) is 21.7 Å². The number of amides is 1. The number of anilines is 1. The van der Waals surface area contributed by atoms with Crippen LogP contribution < -0.4 is 10.2 Å². The van der Waals surface area contributed by atoms with Crippen molar-refractivity contribution in [3.8, 4) is 0 Å². The predicted molar refractivity (Wildman–Crippen MR) is 135 cm³/mol. The summed E-state index contributed by atoms with van der Waals surface area (Å²) in [5, 5.41) is 3.03. The average molecular weight is 446 g/mol. The van der Waals surface area contributed by atoms with Crippen molar-refractivity contribution in [3.63, 3.8) is 0 Å². The van der Waals surface area contributed by atoms with Gasteiger partial charge in [-0.2, -0.15) is 0 Å². The van der Waals surface area contributed by atoms with Gasteiger partial charge in [-0.25, -0.2) is 0 Å². The number of piperazine rings is 1. The Bertz CT molecular complexity index is 982. The van der Waals surface area contributed by atoms with Gasteiger partial charge in [0.2, 0.25) is 0 Å². The minimum absolute atomic E-state index is 0.00229. The van der Waals surface area contributed by atoms with Gasteiger partial charge in [-0.1, -0.05) is 48.0 Å². The molecule has 1 N–H and O–H groups in total. The number of nitrogens with one attached hydrogen (secondary N) is 1. The summed E-state index contributed by atoms with van der Waals surface area (Å²) in [5.74, 6) is 0.861. The molecule has 1 heterocycles. The highest BCUT2D eigenvalue weighted by atomic mass is 32.2. The van der Waals surface area contributed by atoms with Crippen molar-refractivity contribution in [2.24, 2.45) is 0 Å². The van der Waals surface area contributed by atoms with E-state index in [-0.39, 0.29) is 5.91 Å². The molecule has 0 aliphatic carbocycles. The van der Waals surface area contributed by atoms with Gasteiger partial charge in [0.1, 0.15) is 0 Å². The molecule has 0 aromatic heterocycles. The molecule has 0 saturated carbocycles. The highest BCUT2D eigenvalue weighted by Gasteiger charge is 2.17. The number of para-hydroxylation sites is 1. The zero-order valence-electron chi connectivity index (χ0n) is 18.7. The van der Waals surface area contributed by atoms with E-state index in [1.807, 2.05) is 12.1 Å². The van der Waals surface area contributed by atoms with E-state index in [0.717, 1.165) is 44.0 Å². The Kier molecular flexibility index (Phi) is 7.86. The summed E-state index contributed by atoms with van der Waals surface area (Å²) in [6.07, 6.45) is 0. The first-order valence-corrected chi connectivity index (χ1v) is 12.2. The van der Waals surface area contributed by atoms with E-state index in [1.54, 1.807) is 11.8 Å². The maximum absolute atomic E-state index is 12.4. The quantitative estimate of drug-likeness (QED) is 0.398. The van der Waals surface area contributed by atoms with E-state index in [4.69, 9.17) is 0 Å². The summed E-state index contributed by atoms with van der Waals surface area (Å²) >= 11 is 1.76. The molecule has 0 unspecified atom stereocenters. The highest BCUT2D eigenvalue weighted by Crippen LogP contribution is 2.18. The van der Waals surface area contributed by atoms with Crippen molar-refractivity contribution in [1.82, 2.24) is 10.2 Å². The van der Waals surface area contributed by atoms with Crippen LogP contribution >= 0.6 is 11.8 Å². The third-order valence-corrected chi connectivity index (χ3v) is 6.81. The molecule has 4 rings (SSSR count). The van der Waals surface area contributed by atoms with E-state index >= 15 is 0 Å². The smallest absolute Gasteiger partial charge is 0.251 e. The van der Waals surface area contributed by atoms with Gasteiger partial charge < -0.3 is 10.2 Å². The Morgan fingerprint density at radius 1 is 0.875 bits per heavy atom. The molecule has 4 nitrogen and oxygen atoms in total. The van der Waals surface area contributed by atoms with Crippen LogP contribution in [0, 0.1) is 6.92 Å². The van der Waals surface area contributed by atoms with Gasteiger partial charge in [0, 0.05) is 61.2 Å². The van der Waals surface area contributed by atoms with Crippen molar-refractivity contribution in [2.45, 2.75) is 18.4 Å². The molecule has 1 amide bonds. The van der Waals surface area contributed by atoms with Gasteiger partial charge in [0.05, 0.1) is 0 Å². The van der Waals surface area contributed by atoms with Crippen LogP contribution in [0.1, 0.15) is 21.5 Å². The maximum Gasteiger partial charge on any atom is 0.251 e. The summed E-state index contributed by atoms with van der Waals surface area (Å²) in [7, 11) is 0. The van der Waals surface area contributed by atoms with Gasteiger partial charge in [0.25, 0.3) is 5.91 Å². The van der Waals surface area contributed by atoms with Gasteiger partial charge in [-0.15, -0.1) is 11.8 Å². The number of rotatable bonds is 8. The van der Waals surface area contributed by atoms with Crippen LogP contribution in [0.25, 0.3) is 0 Å². The normalized spacial score (nSPS) is 14.3. The highest BCUT2D eigenvalue weighted by molar-refractivity contribution is 7.99. The second-order valence-electron chi connectivity index (χ2n) is 8.21. The molecular weight excluding hydrogens is 414 g/mol. The first kappa shape index (κ1) is 22.4. The number of aryl methyl sites for hydroxylation is 1. The molecule has 1 saturated heterocycles. The number of thioether (sulfide) groups is 1. The fourth-order valence-electron chi connectivity index (χ4n) is 3.89. The molecule has 0 radical (unpaired) electrons. The average Bonchev–Trinajstić information content (AvgIpc) is 2.84. The Balaban J connectivity index is 1.18. The minimum Gasteiger partial charge on any atom is -0.369 e. The lowest BCUT2D eigenvalue weighted by Crippen LogP contribution is -2.45. The Morgan fingerprint density at radius 3 is 2.25 bits per heavy atom. The van der Waals surface area contributed by atoms with Gasteiger partial charge in [0.15, 0.2) is 0 Å². The standard InChI is InChI=1S/C27H31N3OS/c1-22-7-13-26(14-8-22)32-20-15-28-27(31)24-11-9-23(10-12-24)21-29-16-18-30(19-17-29)25-5-3-2-4-6-25/h2-14H,15-21H2,1H3,(H,28,31). The molecule has 3 aromatic carbocycles. The molecular formula is C27H31N3OS. The first-order valence-electron chi connectivity index (χ1n) is 11.3. The van der Waals surface area contributed by atoms with Crippen LogP contribution in [-0.2, 0) is 6.54 Å². The third kappa shape index (κ3) is 6.38. The largest absolute Gasteiger partial charge is 0.369 e. The number of hydrogen-bond acceptors (Lipinski definition) is 4. The zero-order chi connectivity index (χ0) is 22.2. The molecule has 166 valence electrons. The molecule has 32 heavy (non-hydrogen) atoms. The van der Waals surface area contributed by atoms with Crippen molar-refractivity contribution >= 4 is 23.4 Å². The van der Waals surface area contributed by atoms with Gasteiger partial charge in [-0.05, 0) is 48.9 Å². The second-order valence-corrected chi connectivity index (χ2v) is 9.38. The van der Waals surface area contributed by atoms with Crippen LogP contribution in [0.15, 0.2) is 83.8 Å². The summed E-state index contributed by atoms with van der Waals surface area (Å²) in [6.45, 7) is 7.87. The second kappa shape index (κ2) is 11.2. The van der Waals surface area contributed by atoms with Gasteiger partial charge >= 0.3 is 0 Å². The van der Waals surface area contributed by atoms with Crippen LogP contribution in [0.3, 0.4) is 0 Å². The number of benzene rings is 3. The zero-order valence-corrected chi connectivity index (χ0v) is 19.5. The molecule has 0 bridgehead atoms. The summed E-state index contributed by atoms with van der Waals surface area (Å²) in [4.78, 5) is 18.6. The summed E-state index contributed by atoms with van der Waals surface area (Å²) in [6, 6.07) is 27.2. The maximum atomic E-state index is 12.4. The van der Waals surface area contributed by atoms with Crippen molar-refractivity contribution in [1.29, 1.82) is 0 Å². The van der Waals surface area contributed by atoms with E-state index in [9.17, 15) is 4.79 Å². The fourth-order valence-corrected chi connectivity index (χ4v) is 4.66. The Labute approximate surface area is 195 Å². The molecule has 1 fully saturated rings. The minimum atomic E-state index is -0.00229. The predicted octanol–water partition coefficient (Wildman–Crippen LogP) is 4.84. The fraction of sp³-hybridized carbons (Fsp3) is 0.296. The monoisotopic (exact) mass is 445 g/mol. The number of hydrogen-bond donors (Lipinski definition) is 1. The number of nitrogens with zero attached hydrogens (tertiary/aromatic N) is 2. The SMILES string of the molecule is Cc1ccc(SCCNC(=O)c2ccc(CN3CCN(c4ccccc4)CC3)cc2)cc1. The van der Waals surface area contributed by atoms with Crippen LogP contribution in [0.4, 0.5) is 5.69 Å². The van der Waals surface area contributed by atoms with Gasteiger partial charge in [-0.3, -0.25) is 9.69 Å². The molecule has 3 aromatic rings. The summed E-state index contributed by atoms with van der Waals surface area (Å²) in [5.41, 5.74) is 4.55. The number of carbonyl (C=O) groups excluding carboxylic acids is 1. The lowest BCUT2D eigenvalue weighted by molar-refractivity contribution is 0.0956. The van der Waals surface area contributed by atoms with E-state index in [0.29, 0.717) is 6.54 Å².